The summed E-state index contributed by atoms with van der Waals surface area (Å²) < 4.78 is 0. The first kappa shape index (κ1) is 15.0. The van der Waals surface area contributed by atoms with Crippen LogP contribution in [0.4, 0.5) is 0 Å². The van der Waals surface area contributed by atoms with Gasteiger partial charge in [-0.05, 0) is 28.0 Å². The molecule has 1 aromatic heterocycles. The number of aromatic nitrogens is 1. The Morgan fingerprint density at radius 3 is 2.41 bits per heavy atom. The minimum absolute atomic E-state index is 0.187. The quantitative estimate of drug-likeness (QED) is 0.723. The molecule has 3 nitrogen and oxygen atoms in total. The smallest absolute Gasteiger partial charge is 0.129 e. The van der Waals surface area contributed by atoms with E-state index in [-0.39, 0.29) is 5.92 Å². The number of nitrogens with two attached hydrogens (primary N) is 1. The lowest BCUT2D eigenvalue weighted by Crippen LogP contribution is -2.20. The van der Waals surface area contributed by atoms with Crippen molar-refractivity contribution in [3.63, 3.8) is 0 Å². The molecule has 3 rings (SSSR count). The number of fused-ring (bicyclic) bond motifs is 1. The van der Waals surface area contributed by atoms with Crippen LogP contribution >= 0.6 is 11.6 Å². The molecule has 0 spiro atoms. The van der Waals surface area contributed by atoms with Gasteiger partial charge in [-0.1, -0.05) is 60.1 Å². The topological polar surface area (TPSA) is 59.1 Å². The molecule has 0 saturated heterocycles. The normalized spacial score (nSPS) is 14.0. The number of hydrogen-bond donors (Lipinski definition) is 2. The highest BCUT2D eigenvalue weighted by atomic mass is 35.5. The summed E-state index contributed by atoms with van der Waals surface area (Å²) in [7, 11) is 0. The summed E-state index contributed by atoms with van der Waals surface area (Å²) in [5, 5.41) is 13.4. The maximum Gasteiger partial charge on any atom is 0.129 e. The van der Waals surface area contributed by atoms with E-state index in [0.717, 1.165) is 10.9 Å². The van der Waals surface area contributed by atoms with E-state index < -0.39 is 6.10 Å². The van der Waals surface area contributed by atoms with Crippen LogP contribution in [-0.2, 0) is 0 Å². The second kappa shape index (κ2) is 6.44. The Morgan fingerprint density at radius 1 is 1.00 bits per heavy atom. The molecular weight excluding hydrogens is 296 g/mol. The highest BCUT2D eigenvalue weighted by molar-refractivity contribution is 6.29. The van der Waals surface area contributed by atoms with Crippen molar-refractivity contribution in [3.8, 4) is 0 Å². The molecule has 22 heavy (non-hydrogen) atoms. The highest BCUT2D eigenvalue weighted by Crippen LogP contribution is 2.31. The Labute approximate surface area is 134 Å². The number of benzene rings is 2. The predicted octanol–water partition coefficient (Wildman–Crippen LogP) is 3.66. The van der Waals surface area contributed by atoms with Gasteiger partial charge in [0.05, 0.1) is 6.10 Å². The molecule has 2 aromatic carbocycles. The van der Waals surface area contributed by atoms with Crippen molar-refractivity contribution >= 4 is 22.4 Å². The van der Waals surface area contributed by atoms with Crippen molar-refractivity contribution in [2.75, 3.05) is 6.54 Å². The number of aliphatic hydroxyl groups is 1. The molecule has 3 N–H and O–H groups in total. The van der Waals surface area contributed by atoms with E-state index in [0.29, 0.717) is 17.3 Å². The largest absolute Gasteiger partial charge is 0.388 e. The van der Waals surface area contributed by atoms with Gasteiger partial charge in [0.25, 0.3) is 0 Å². The first-order valence-electron chi connectivity index (χ1n) is 7.17. The van der Waals surface area contributed by atoms with Crippen molar-refractivity contribution in [2.45, 2.75) is 12.0 Å². The minimum Gasteiger partial charge on any atom is -0.388 e. The fraction of sp³-hybridized carbons (Fsp3) is 0.167. The van der Waals surface area contributed by atoms with Crippen molar-refractivity contribution in [1.29, 1.82) is 0 Å². The van der Waals surface area contributed by atoms with Gasteiger partial charge >= 0.3 is 0 Å². The molecule has 0 aliphatic carbocycles. The number of pyridine rings is 1. The summed E-state index contributed by atoms with van der Waals surface area (Å²) in [6.07, 6.45) is 0.882. The van der Waals surface area contributed by atoms with Gasteiger partial charge in [0.1, 0.15) is 5.15 Å². The predicted molar refractivity (Wildman–Crippen MR) is 90.0 cm³/mol. The molecule has 0 radical (unpaired) electrons. The first-order valence-corrected chi connectivity index (χ1v) is 7.55. The molecule has 0 aliphatic rings. The van der Waals surface area contributed by atoms with Crippen LogP contribution in [0.2, 0.25) is 5.15 Å². The average molecular weight is 313 g/mol. The standard InChI is InChI=1S/C18H17ClN2O/c19-17-8-7-15(11-21-17)18(22)16(10-20)14-6-5-12-3-1-2-4-13(12)9-14/h1-9,11,16,18,22H,10,20H2. The van der Waals surface area contributed by atoms with E-state index in [1.54, 1.807) is 18.3 Å². The van der Waals surface area contributed by atoms with Gasteiger partial charge < -0.3 is 10.8 Å². The van der Waals surface area contributed by atoms with Gasteiger partial charge in [-0.15, -0.1) is 0 Å². The first-order chi connectivity index (χ1) is 10.7. The van der Waals surface area contributed by atoms with E-state index in [4.69, 9.17) is 17.3 Å². The van der Waals surface area contributed by atoms with Gasteiger partial charge in [0.2, 0.25) is 0 Å². The van der Waals surface area contributed by atoms with Gasteiger partial charge in [-0.25, -0.2) is 4.98 Å². The summed E-state index contributed by atoms with van der Waals surface area (Å²) >= 11 is 5.79. The Hall–Kier alpha value is -1.94. The molecule has 0 aliphatic heterocycles. The third-order valence-electron chi connectivity index (χ3n) is 3.93. The zero-order chi connectivity index (χ0) is 15.5. The van der Waals surface area contributed by atoms with Crippen LogP contribution in [0, 0.1) is 0 Å². The lowest BCUT2D eigenvalue weighted by atomic mass is 9.88. The van der Waals surface area contributed by atoms with Gasteiger partial charge in [-0.3, -0.25) is 0 Å². The molecule has 0 fully saturated rings. The maximum absolute atomic E-state index is 10.6. The molecule has 2 atom stereocenters. The number of aliphatic hydroxyl groups excluding tert-OH is 1. The molecule has 3 aromatic rings. The van der Waals surface area contributed by atoms with Crippen LogP contribution in [0.3, 0.4) is 0 Å². The minimum atomic E-state index is -0.712. The fourth-order valence-corrected chi connectivity index (χ4v) is 2.79. The van der Waals surface area contributed by atoms with Crippen LogP contribution in [0.25, 0.3) is 10.8 Å². The second-order valence-corrected chi connectivity index (χ2v) is 5.70. The summed E-state index contributed by atoms with van der Waals surface area (Å²) in [5.41, 5.74) is 7.64. The molecule has 0 amide bonds. The van der Waals surface area contributed by atoms with Gasteiger partial charge in [0, 0.05) is 18.7 Å². The van der Waals surface area contributed by atoms with Gasteiger partial charge in [-0.2, -0.15) is 0 Å². The molecule has 1 heterocycles. The summed E-state index contributed by atoms with van der Waals surface area (Å²) in [6.45, 7) is 0.349. The monoisotopic (exact) mass is 312 g/mol. The van der Waals surface area contributed by atoms with Crippen molar-refractivity contribution in [1.82, 2.24) is 4.98 Å². The SMILES string of the molecule is NCC(c1ccc2ccccc2c1)C(O)c1ccc(Cl)nc1. The second-order valence-electron chi connectivity index (χ2n) is 5.31. The molecule has 2 unspecified atom stereocenters. The number of halogens is 1. The van der Waals surface area contributed by atoms with E-state index in [1.807, 2.05) is 18.2 Å². The third-order valence-corrected chi connectivity index (χ3v) is 4.15. The Kier molecular flexibility index (Phi) is 4.39. The zero-order valence-electron chi connectivity index (χ0n) is 12.0. The van der Waals surface area contributed by atoms with E-state index in [9.17, 15) is 5.11 Å². The van der Waals surface area contributed by atoms with E-state index >= 15 is 0 Å². The van der Waals surface area contributed by atoms with Crippen LogP contribution in [0.15, 0.2) is 60.8 Å². The van der Waals surface area contributed by atoms with Crippen molar-refractivity contribution in [3.05, 3.63) is 77.1 Å². The molecule has 0 saturated carbocycles. The van der Waals surface area contributed by atoms with Crippen LogP contribution in [-0.4, -0.2) is 16.6 Å². The van der Waals surface area contributed by atoms with Crippen LogP contribution < -0.4 is 5.73 Å². The number of hydrogen-bond acceptors (Lipinski definition) is 3. The van der Waals surface area contributed by atoms with Gasteiger partial charge in [0.15, 0.2) is 0 Å². The average Bonchev–Trinajstić information content (AvgIpc) is 2.56. The van der Waals surface area contributed by atoms with E-state index in [1.165, 1.54) is 5.39 Å². The molecule has 0 bridgehead atoms. The summed E-state index contributed by atoms with van der Waals surface area (Å²) in [6, 6.07) is 17.8. The lowest BCUT2D eigenvalue weighted by molar-refractivity contribution is 0.147. The molecule has 4 heteroatoms. The maximum atomic E-state index is 10.6. The lowest BCUT2D eigenvalue weighted by Gasteiger charge is -2.22. The van der Waals surface area contributed by atoms with E-state index in [2.05, 4.69) is 29.2 Å². The molecular formula is C18H17ClN2O. The van der Waals surface area contributed by atoms with Crippen LogP contribution in [0.1, 0.15) is 23.1 Å². The van der Waals surface area contributed by atoms with Crippen LogP contribution in [0.5, 0.6) is 0 Å². The third kappa shape index (κ3) is 2.97. The zero-order valence-corrected chi connectivity index (χ0v) is 12.7. The van der Waals surface area contributed by atoms with Crippen molar-refractivity contribution in [2.24, 2.45) is 5.73 Å². The summed E-state index contributed by atoms with van der Waals surface area (Å²) in [4.78, 5) is 4.03. The Bertz CT molecular complexity index is 773. The summed E-state index contributed by atoms with van der Waals surface area (Å²) in [5.74, 6) is -0.187. The number of rotatable bonds is 4. The van der Waals surface area contributed by atoms with Crippen molar-refractivity contribution < 1.29 is 5.11 Å². The fourth-order valence-electron chi connectivity index (χ4n) is 2.68. The number of nitrogens with zero attached hydrogens (tertiary/aromatic N) is 1. The highest BCUT2D eigenvalue weighted by Gasteiger charge is 2.22. The Morgan fingerprint density at radius 2 is 1.73 bits per heavy atom. The Balaban J connectivity index is 1.96. The molecule has 112 valence electrons.